The molecular formula is C11H15NOS. The van der Waals surface area contributed by atoms with Gasteiger partial charge in [0.1, 0.15) is 0 Å². The SMILES string of the molecule is NCC(=O)c1ccc(C2CCCC2)s1. The van der Waals surface area contributed by atoms with E-state index in [9.17, 15) is 4.79 Å². The van der Waals surface area contributed by atoms with Crippen LogP contribution in [0.4, 0.5) is 0 Å². The summed E-state index contributed by atoms with van der Waals surface area (Å²) in [4.78, 5) is 13.5. The van der Waals surface area contributed by atoms with Crippen LogP contribution in [0.2, 0.25) is 0 Å². The molecule has 2 N–H and O–H groups in total. The fourth-order valence-corrected chi connectivity index (χ4v) is 3.16. The van der Waals surface area contributed by atoms with Crippen LogP contribution in [0.5, 0.6) is 0 Å². The number of hydrogen-bond donors (Lipinski definition) is 1. The van der Waals surface area contributed by atoms with Crippen LogP contribution in [0.3, 0.4) is 0 Å². The highest BCUT2D eigenvalue weighted by Crippen LogP contribution is 2.37. The maximum atomic E-state index is 11.3. The molecule has 1 aliphatic rings. The molecule has 0 atom stereocenters. The minimum atomic E-state index is 0.0687. The smallest absolute Gasteiger partial charge is 0.186 e. The van der Waals surface area contributed by atoms with Crippen molar-refractivity contribution in [3.8, 4) is 0 Å². The Balaban J connectivity index is 2.12. The molecular weight excluding hydrogens is 194 g/mol. The molecule has 1 heterocycles. The van der Waals surface area contributed by atoms with Crippen LogP contribution in [-0.2, 0) is 0 Å². The number of nitrogens with two attached hydrogens (primary N) is 1. The molecule has 1 fully saturated rings. The van der Waals surface area contributed by atoms with Gasteiger partial charge in [-0.05, 0) is 30.9 Å². The monoisotopic (exact) mass is 209 g/mol. The summed E-state index contributed by atoms with van der Waals surface area (Å²) in [6.45, 7) is 0.130. The second-order valence-corrected chi connectivity index (χ2v) is 4.93. The van der Waals surface area contributed by atoms with Crippen LogP contribution >= 0.6 is 11.3 Å². The molecule has 0 radical (unpaired) electrons. The van der Waals surface area contributed by atoms with E-state index in [-0.39, 0.29) is 12.3 Å². The van der Waals surface area contributed by atoms with Crippen LogP contribution in [-0.4, -0.2) is 12.3 Å². The number of Topliss-reactive ketones (excluding diaryl/α,β-unsaturated/α-hetero) is 1. The Morgan fingerprint density at radius 1 is 1.43 bits per heavy atom. The van der Waals surface area contributed by atoms with Crippen LogP contribution in [0.1, 0.15) is 46.2 Å². The molecule has 1 aliphatic carbocycles. The molecule has 1 aromatic rings. The number of ketones is 1. The highest BCUT2D eigenvalue weighted by molar-refractivity contribution is 7.14. The predicted octanol–water partition coefficient (Wildman–Crippen LogP) is 2.55. The van der Waals surface area contributed by atoms with E-state index in [2.05, 4.69) is 6.07 Å². The van der Waals surface area contributed by atoms with Gasteiger partial charge >= 0.3 is 0 Å². The van der Waals surface area contributed by atoms with E-state index in [1.165, 1.54) is 30.6 Å². The van der Waals surface area contributed by atoms with Gasteiger partial charge in [0, 0.05) is 4.88 Å². The molecule has 0 aliphatic heterocycles. The van der Waals surface area contributed by atoms with Crippen LogP contribution in [0.25, 0.3) is 0 Å². The van der Waals surface area contributed by atoms with Gasteiger partial charge in [-0.1, -0.05) is 12.8 Å². The summed E-state index contributed by atoms with van der Waals surface area (Å²) in [5, 5.41) is 0. The van der Waals surface area contributed by atoms with E-state index in [1.54, 1.807) is 11.3 Å². The molecule has 0 spiro atoms. The summed E-state index contributed by atoms with van der Waals surface area (Å²) in [5.41, 5.74) is 5.32. The molecule has 1 aromatic heterocycles. The van der Waals surface area contributed by atoms with Gasteiger partial charge in [-0.25, -0.2) is 0 Å². The molecule has 0 amide bonds. The van der Waals surface area contributed by atoms with Gasteiger partial charge in [0.25, 0.3) is 0 Å². The summed E-state index contributed by atoms with van der Waals surface area (Å²) in [5.74, 6) is 0.776. The molecule has 0 aromatic carbocycles. The summed E-state index contributed by atoms with van der Waals surface area (Å²) in [7, 11) is 0. The second kappa shape index (κ2) is 4.24. The van der Waals surface area contributed by atoms with E-state index in [0.29, 0.717) is 5.92 Å². The number of carbonyl (C=O) groups excluding carboxylic acids is 1. The van der Waals surface area contributed by atoms with Crippen molar-refractivity contribution in [3.63, 3.8) is 0 Å². The van der Waals surface area contributed by atoms with Gasteiger partial charge in [-0.3, -0.25) is 4.79 Å². The standard InChI is InChI=1S/C11H15NOS/c12-7-9(13)11-6-5-10(14-11)8-3-1-2-4-8/h5-6,8H,1-4,7,12H2. The highest BCUT2D eigenvalue weighted by atomic mass is 32.1. The molecule has 76 valence electrons. The molecule has 14 heavy (non-hydrogen) atoms. The summed E-state index contributed by atoms with van der Waals surface area (Å²) < 4.78 is 0. The summed E-state index contributed by atoms with van der Waals surface area (Å²) in [6, 6.07) is 4.02. The quantitative estimate of drug-likeness (QED) is 0.777. The van der Waals surface area contributed by atoms with Gasteiger partial charge in [-0.15, -0.1) is 11.3 Å². The Morgan fingerprint density at radius 2 is 2.14 bits per heavy atom. The Bertz CT molecular complexity index is 326. The molecule has 2 rings (SSSR count). The maximum Gasteiger partial charge on any atom is 0.186 e. The predicted molar refractivity (Wildman–Crippen MR) is 58.9 cm³/mol. The van der Waals surface area contributed by atoms with Gasteiger partial charge in [0.2, 0.25) is 0 Å². The first-order valence-corrected chi connectivity index (χ1v) is 5.96. The van der Waals surface area contributed by atoms with Crippen molar-refractivity contribution in [1.82, 2.24) is 0 Å². The lowest BCUT2D eigenvalue weighted by Crippen LogP contribution is -2.11. The third-order valence-corrected chi connectivity index (χ3v) is 4.13. The highest BCUT2D eigenvalue weighted by Gasteiger charge is 2.19. The van der Waals surface area contributed by atoms with Gasteiger partial charge in [0.15, 0.2) is 5.78 Å². The van der Waals surface area contributed by atoms with Gasteiger partial charge in [-0.2, -0.15) is 0 Å². The van der Waals surface area contributed by atoms with E-state index >= 15 is 0 Å². The number of hydrogen-bond acceptors (Lipinski definition) is 3. The van der Waals surface area contributed by atoms with Crippen molar-refractivity contribution in [2.45, 2.75) is 31.6 Å². The molecule has 0 saturated heterocycles. The molecule has 1 saturated carbocycles. The summed E-state index contributed by atoms with van der Waals surface area (Å²) in [6.07, 6.45) is 5.25. The third kappa shape index (κ3) is 1.88. The van der Waals surface area contributed by atoms with E-state index in [4.69, 9.17) is 5.73 Å². The van der Waals surface area contributed by atoms with E-state index < -0.39 is 0 Å². The lowest BCUT2D eigenvalue weighted by molar-refractivity contribution is 0.100. The van der Waals surface area contributed by atoms with Crippen molar-refractivity contribution >= 4 is 17.1 Å². The fourth-order valence-electron chi connectivity index (χ4n) is 2.03. The summed E-state index contributed by atoms with van der Waals surface area (Å²) >= 11 is 1.63. The Kier molecular flexibility index (Phi) is 2.99. The Hall–Kier alpha value is -0.670. The normalized spacial score (nSPS) is 17.5. The molecule has 0 bridgehead atoms. The number of carbonyl (C=O) groups is 1. The van der Waals surface area contributed by atoms with E-state index in [0.717, 1.165) is 4.88 Å². The van der Waals surface area contributed by atoms with Crippen molar-refractivity contribution in [2.24, 2.45) is 5.73 Å². The topological polar surface area (TPSA) is 43.1 Å². The van der Waals surface area contributed by atoms with Crippen molar-refractivity contribution < 1.29 is 4.79 Å². The third-order valence-electron chi connectivity index (χ3n) is 2.84. The number of thiophene rings is 1. The van der Waals surface area contributed by atoms with Crippen LogP contribution in [0, 0.1) is 0 Å². The fraction of sp³-hybridized carbons (Fsp3) is 0.545. The minimum Gasteiger partial charge on any atom is -0.324 e. The zero-order valence-corrected chi connectivity index (χ0v) is 8.98. The Labute approximate surface area is 88.1 Å². The largest absolute Gasteiger partial charge is 0.324 e. The van der Waals surface area contributed by atoms with Crippen LogP contribution < -0.4 is 5.73 Å². The Morgan fingerprint density at radius 3 is 2.79 bits per heavy atom. The van der Waals surface area contributed by atoms with Crippen LogP contribution in [0.15, 0.2) is 12.1 Å². The zero-order valence-electron chi connectivity index (χ0n) is 8.16. The maximum absolute atomic E-state index is 11.3. The minimum absolute atomic E-state index is 0.0687. The average molecular weight is 209 g/mol. The van der Waals surface area contributed by atoms with Crippen molar-refractivity contribution in [3.05, 3.63) is 21.9 Å². The molecule has 2 nitrogen and oxygen atoms in total. The lowest BCUT2D eigenvalue weighted by Gasteiger charge is -2.03. The van der Waals surface area contributed by atoms with E-state index in [1.807, 2.05) is 6.07 Å². The second-order valence-electron chi connectivity index (χ2n) is 3.81. The first-order valence-electron chi connectivity index (χ1n) is 5.14. The first kappa shape index (κ1) is 9.87. The zero-order chi connectivity index (χ0) is 9.97. The van der Waals surface area contributed by atoms with Gasteiger partial charge in [0.05, 0.1) is 11.4 Å². The first-order chi connectivity index (χ1) is 6.81. The molecule has 0 unspecified atom stereocenters. The average Bonchev–Trinajstić information content (AvgIpc) is 2.86. The van der Waals surface area contributed by atoms with Crippen molar-refractivity contribution in [2.75, 3.05) is 6.54 Å². The van der Waals surface area contributed by atoms with Crippen molar-refractivity contribution in [1.29, 1.82) is 0 Å². The van der Waals surface area contributed by atoms with Gasteiger partial charge < -0.3 is 5.73 Å². The number of rotatable bonds is 3. The lowest BCUT2D eigenvalue weighted by atomic mass is 10.1. The molecule has 3 heteroatoms.